The van der Waals surface area contributed by atoms with Crippen LogP contribution in [0.3, 0.4) is 0 Å². The van der Waals surface area contributed by atoms with Gasteiger partial charge < -0.3 is 9.88 Å². The number of aryl methyl sites for hydroxylation is 1. The van der Waals surface area contributed by atoms with E-state index >= 15 is 0 Å². The van der Waals surface area contributed by atoms with Crippen LogP contribution in [0.4, 0.5) is 4.39 Å². The van der Waals surface area contributed by atoms with Gasteiger partial charge in [0.15, 0.2) is 5.43 Å². The summed E-state index contributed by atoms with van der Waals surface area (Å²) in [6, 6.07) is 8.08. The van der Waals surface area contributed by atoms with Gasteiger partial charge in [-0.25, -0.2) is 4.39 Å². The first-order valence-electron chi connectivity index (χ1n) is 6.31. The highest BCUT2D eigenvalue weighted by molar-refractivity contribution is 5.36. The zero-order chi connectivity index (χ0) is 13.8. The number of nitrogens with zero attached hydrogens (tertiary/aromatic N) is 1. The summed E-state index contributed by atoms with van der Waals surface area (Å²) >= 11 is 0. The van der Waals surface area contributed by atoms with Crippen LogP contribution in [0.15, 0.2) is 41.3 Å². The topological polar surface area (TPSA) is 34.0 Å². The molecular weight excluding hydrogens is 243 g/mol. The number of halogens is 1. The molecule has 1 heterocycles. The average molecular weight is 260 g/mol. The van der Waals surface area contributed by atoms with Crippen LogP contribution < -0.4 is 10.7 Å². The second-order valence-corrected chi connectivity index (χ2v) is 4.41. The van der Waals surface area contributed by atoms with Gasteiger partial charge in [0, 0.05) is 30.1 Å². The van der Waals surface area contributed by atoms with Crippen molar-refractivity contribution < 1.29 is 4.39 Å². The summed E-state index contributed by atoms with van der Waals surface area (Å²) < 4.78 is 15.5. The maximum absolute atomic E-state index is 13.8. The third-order valence-corrected chi connectivity index (χ3v) is 3.00. The molecule has 0 saturated carbocycles. The number of nitrogens with one attached hydrogen (secondary N) is 1. The molecule has 0 aliphatic rings. The lowest BCUT2D eigenvalue weighted by Gasteiger charge is -2.13. The van der Waals surface area contributed by atoms with Gasteiger partial charge in [-0.2, -0.15) is 0 Å². The zero-order valence-electron chi connectivity index (χ0n) is 11.1. The predicted octanol–water partition coefficient (Wildman–Crippen LogP) is 2.39. The third kappa shape index (κ3) is 2.90. The van der Waals surface area contributed by atoms with Crippen molar-refractivity contribution in [3.05, 3.63) is 63.8 Å². The molecule has 19 heavy (non-hydrogen) atoms. The fourth-order valence-corrected chi connectivity index (χ4v) is 1.97. The van der Waals surface area contributed by atoms with E-state index in [2.05, 4.69) is 5.32 Å². The average Bonchev–Trinajstić information content (AvgIpc) is 2.39. The summed E-state index contributed by atoms with van der Waals surface area (Å²) in [4.78, 5) is 11.9. The van der Waals surface area contributed by atoms with Gasteiger partial charge in [-0.15, -0.1) is 0 Å². The van der Waals surface area contributed by atoms with Crippen LogP contribution in [-0.2, 0) is 6.54 Å². The fourth-order valence-electron chi connectivity index (χ4n) is 1.97. The van der Waals surface area contributed by atoms with Crippen molar-refractivity contribution in [1.82, 2.24) is 9.88 Å². The van der Waals surface area contributed by atoms with Crippen LogP contribution in [0.1, 0.15) is 18.2 Å². The minimum Gasteiger partial charge on any atom is -0.318 e. The lowest BCUT2D eigenvalue weighted by atomic mass is 10.2. The van der Waals surface area contributed by atoms with Gasteiger partial charge in [0.05, 0.1) is 5.69 Å². The van der Waals surface area contributed by atoms with Crippen LogP contribution in [-0.4, -0.2) is 11.1 Å². The fraction of sp³-hybridized carbons (Fsp3) is 0.267. The Balaban J connectivity index is 2.52. The zero-order valence-corrected chi connectivity index (χ0v) is 11.1. The molecule has 0 aliphatic carbocycles. The molecular formula is C15H17FN2O. The Morgan fingerprint density at radius 1 is 1.32 bits per heavy atom. The highest BCUT2D eigenvalue weighted by Gasteiger charge is 2.08. The smallest absolute Gasteiger partial charge is 0.186 e. The maximum atomic E-state index is 13.8. The van der Waals surface area contributed by atoms with E-state index in [4.69, 9.17) is 0 Å². The Hall–Kier alpha value is -1.94. The van der Waals surface area contributed by atoms with E-state index < -0.39 is 0 Å². The van der Waals surface area contributed by atoms with E-state index in [1.807, 2.05) is 6.92 Å². The highest BCUT2D eigenvalue weighted by atomic mass is 19.1. The second kappa shape index (κ2) is 5.80. The minimum atomic E-state index is -0.302. The van der Waals surface area contributed by atoms with Crippen LogP contribution >= 0.6 is 0 Å². The summed E-state index contributed by atoms with van der Waals surface area (Å²) in [6.07, 6.45) is 1.71. The van der Waals surface area contributed by atoms with Crippen LogP contribution in [0, 0.1) is 12.7 Å². The van der Waals surface area contributed by atoms with E-state index in [0.29, 0.717) is 17.8 Å². The Bertz CT molecular complexity index is 634. The number of aromatic nitrogens is 1. The molecule has 0 spiro atoms. The summed E-state index contributed by atoms with van der Waals surface area (Å²) in [5.74, 6) is -0.302. The SMILES string of the molecule is CCNCc1cn(-c2ccccc2F)c(C)cc1=O. The Morgan fingerprint density at radius 2 is 2.05 bits per heavy atom. The van der Waals surface area contributed by atoms with Crippen molar-refractivity contribution in [1.29, 1.82) is 0 Å². The Labute approximate surface area is 111 Å². The molecule has 3 nitrogen and oxygen atoms in total. The molecule has 0 aliphatic heterocycles. The molecule has 1 N–H and O–H groups in total. The molecule has 1 aromatic carbocycles. The van der Waals surface area contributed by atoms with E-state index in [1.54, 1.807) is 42.0 Å². The van der Waals surface area contributed by atoms with E-state index in [1.165, 1.54) is 6.07 Å². The number of hydrogen-bond donors (Lipinski definition) is 1. The van der Waals surface area contributed by atoms with Crippen molar-refractivity contribution >= 4 is 0 Å². The van der Waals surface area contributed by atoms with Gasteiger partial charge in [0.2, 0.25) is 0 Å². The molecule has 0 amide bonds. The van der Waals surface area contributed by atoms with Crippen molar-refractivity contribution in [3.63, 3.8) is 0 Å². The number of benzene rings is 1. The van der Waals surface area contributed by atoms with Crippen molar-refractivity contribution in [3.8, 4) is 5.69 Å². The van der Waals surface area contributed by atoms with E-state index in [-0.39, 0.29) is 11.2 Å². The first-order valence-corrected chi connectivity index (χ1v) is 6.31. The molecule has 2 rings (SSSR count). The molecule has 0 fully saturated rings. The molecule has 0 radical (unpaired) electrons. The van der Waals surface area contributed by atoms with Gasteiger partial charge in [0.25, 0.3) is 0 Å². The Morgan fingerprint density at radius 3 is 2.74 bits per heavy atom. The van der Waals surface area contributed by atoms with Gasteiger partial charge in [0.1, 0.15) is 5.82 Å². The molecule has 0 unspecified atom stereocenters. The molecule has 2 aromatic rings. The maximum Gasteiger partial charge on any atom is 0.186 e. The quantitative estimate of drug-likeness (QED) is 0.916. The molecule has 0 bridgehead atoms. The number of para-hydroxylation sites is 1. The monoisotopic (exact) mass is 260 g/mol. The van der Waals surface area contributed by atoms with Gasteiger partial charge in [-0.1, -0.05) is 19.1 Å². The summed E-state index contributed by atoms with van der Waals surface area (Å²) in [5.41, 5.74) is 1.79. The number of hydrogen-bond acceptors (Lipinski definition) is 2. The normalized spacial score (nSPS) is 10.7. The number of pyridine rings is 1. The molecule has 100 valence electrons. The molecule has 4 heteroatoms. The largest absolute Gasteiger partial charge is 0.318 e. The molecule has 1 aromatic heterocycles. The summed E-state index contributed by atoms with van der Waals surface area (Å²) in [7, 11) is 0. The summed E-state index contributed by atoms with van der Waals surface area (Å²) in [5, 5.41) is 3.11. The van der Waals surface area contributed by atoms with Crippen LogP contribution in [0.25, 0.3) is 5.69 Å². The summed E-state index contributed by atoms with van der Waals surface area (Å²) in [6.45, 7) is 5.05. The molecule has 0 saturated heterocycles. The van der Waals surface area contributed by atoms with Crippen LogP contribution in [0.2, 0.25) is 0 Å². The second-order valence-electron chi connectivity index (χ2n) is 4.41. The lowest BCUT2D eigenvalue weighted by Crippen LogP contribution is -2.21. The first kappa shape index (κ1) is 13.5. The van der Waals surface area contributed by atoms with Gasteiger partial charge >= 0.3 is 0 Å². The van der Waals surface area contributed by atoms with Crippen molar-refractivity contribution in [2.24, 2.45) is 0 Å². The highest BCUT2D eigenvalue weighted by Crippen LogP contribution is 2.14. The van der Waals surface area contributed by atoms with E-state index in [9.17, 15) is 9.18 Å². The minimum absolute atomic E-state index is 0.0222. The lowest BCUT2D eigenvalue weighted by molar-refractivity contribution is 0.615. The first-order chi connectivity index (χ1) is 9.13. The number of rotatable bonds is 4. The standard InChI is InChI=1S/C15H17FN2O/c1-3-17-9-12-10-18(11(2)8-15(12)19)14-7-5-4-6-13(14)16/h4-8,10,17H,3,9H2,1-2H3. The van der Waals surface area contributed by atoms with Crippen LogP contribution in [0.5, 0.6) is 0 Å². The van der Waals surface area contributed by atoms with Crippen molar-refractivity contribution in [2.75, 3.05) is 6.54 Å². The Kier molecular flexibility index (Phi) is 4.12. The third-order valence-electron chi connectivity index (χ3n) is 3.00. The predicted molar refractivity (Wildman–Crippen MR) is 74.1 cm³/mol. The van der Waals surface area contributed by atoms with Gasteiger partial charge in [-0.3, -0.25) is 4.79 Å². The van der Waals surface area contributed by atoms with Crippen molar-refractivity contribution in [2.45, 2.75) is 20.4 Å². The molecule has 0 atom stereocenters. The van der Waals surface area contributed by atoms with Gasteiger partial charge in [-0.05, 0) is 25.6 Å². The van der Waals surface area contributed by atoms with E-state index in [0.717, 1.165) is 12.2 Å².